The number of nitrogens with zero attached hydrogens (tertiary/aromatic N) is 7. The maximum atomic E-state index is 14.0. The van der Waals surface area contributed by atoms with Crippen molar-refractivity contribution in [2.24, 2.45) is 0 Å². The molecule has 1 aliphatic heterocycles. The number of halogens is 3. The van der Waals surface area contributed by atoms with Gasteiger partial charge in [0.15, 0.2) is 5.69 Å². The molecular weight excluding hydrogens is 613 g/mol. The fraction of sp³-hybridized carbons (Fsp3) is 0.364. The summed E-state index contributed by atoms with van der Waals surface area (Å²) in [6, 6.07) is 10.8. The van der Waals surface area contributed by atoms with E-state index in [9.17, 15) is 27.6 Å². The van der Waals surface area contributed by atoms with Crippen molar-refractivity contribution in [1.82, 2.24) is 29.1 Å². The third-order valence-corrected chi connectivity index (χ3v) is 8.61. The van der Waals surface area contributed by atoms with Gasteiger partial charge in [-0.1, -0.05) is 18.2 Å². The number of likely N-dealkylation sites (tertiary alicyclic amines) is 1. The zero-order valence-electron chi connectivity index (χ0n) is 26.7. The third-order valence-electron chi connectivity index (χ3n) is 8.61. The van der Waals surface area contributed by atoms with Gasteiger partial charge in [0.05, 0.1) is 68.3 Å². The van der Waals surface area contributed by atoms with Gasteiger partial charge >= 0.3 is 17.9 Å². The van der Waals surface area contributed by atoms with E-state index >= 15 is 0 Å². The predicted molar refractivity (Wildman–Crippen MR) is 170 cm³/mol. The number of quaternary nitrogens is 1. The normalized spacial score (nSPS) is 14.9. The van der Waals surface area contributed by atoms with Crippen LogP contribution in [0.2, 0.25) is 0 Å². The zero-order valence-corrected chi connectivity index (χ0v) is 26.7. The number of amides is 2. The Morgan fingerprint density at radius 2 is 1.70 bits per heavy atom. The molecule has 2 aromatic heterocycles. The first-order chi connectivity index (χ1) is 22.1. The maximum absolute atomic E-state index is 14.0. The average Bonchev–Trinajstić information content (AvgIpc) is 3.61. The van der Waals surface area contributed by atoms with Crippen molar-refractivity contribution < 1.29 is 27.2 Å². The van der Waals surface area contributed by atoms with Crippen molar-refractivity contribution in [2.75, 3.05) is 34.2 Å². The fourth-order valence-corrected chi connectivity index (χ4v) is 6.02. The Balaban J connectivity index is 1.56. The van der Waals surface area contributed by atoms with E-state index in [0.29, 0.717) is 30.5 Å². The van der Waals surface area contributed by atoms with Crippen molar-refractivity contribution in [3.63, 3.8) is 0 Å². The van der Waals surface area contributed by atoms with Crippen LogP contribution in [0.4, 0.5) is 23.7 Å². The average molecular weight is 650 g/mol. The van der Waals surface area contributed by atoms with Crippen molar-refractivity contribution >= 4 is 17.6 Å². The van der Waals surface area contributed by atoms with Crippen LogP contribution in [-0.4, -0.2) is 86.6 Å². The van der Waals surface area contributed by atoms with E-state index in [-0.39, 0.29) is 28.7 Å². The Kier molecular flexibility index (Phi) is 8.87. The molecule has 2 amide bonds. The quantitative estimate of drug-likeness (QED) is 0.235. The molecule has 0 bridgehead atoms. The van der Waals surface area contributed by atoms with Crippen LogP contribution in [-0.2, 0) is 11.0 Å². The molecule has 2 aromatic carbocycles. The standard InChI is InChI=1S/C33H35F3N8O3/c1-21(30(45)40-18-15-27(16-19-40)44(4,5)6)39-31(46)42-29(28-14-17-38-43(28)25-12-10-24(37-3)11-13-25)22(2)41(32(42)47)26-9-7-8-23(20-26)33(34,35)36/h7-14,17,20-21,27H,15-16,18-19H2,1-2,4-6H3/p+1/t21-/m0/s1. The molecule has 1 saturated heterocycles. The molecule has 0 aliphatic carbocycles. The fourth-order valence-electron chi connectivity index (χ4n) is 6.02. The largest absolute Gasteiger partial charge is 0.416 e. The van der Waals surface area contributed by atoms with Crippen LogP contribution in [0, 0.1) is 13.5 Å². The topological polar surface area (TPSA) is 98.5 Å². The Bertz CT molecular complexity index is 1900. The van der Waals surface area contributed by atoms with Gasteiger partial charge in [0.25, 0.3) is 0 Å². The highest BCUT2D eigenvalue weighted by atomic mass is 19.4. The maximum Gasteiger partial charge on any atom is 0.416 e. The number of hydrogen-bond donors (Lipinski definition) is 1. The van der Waals surface area contributed by atoms with Crippen molar-refractivity contribution in [2.45, 2.75) is 44.9 Å². The van der Waals surface area contributed by atoms with Crippen LogP contribution < -0.4 is 11.0 Å². The number of rotatable bonds is 6. The molecule has 14 heteroatoms. The number of imidazole rings is 1. The van der Waals surface area contributed by atoms with Gasteiger partial charge in [-0.2, -0.15) is 18.3 Å². The van der Waals surface area contributed by atoms with E-state index in [1.165, 1.54) is 36.9 Å². The molecule has 1 fully saturated rings. The minimum Gasteiger partial charge on any atom is -0.340 e. The van der Waals surface area contributed by atoms with Gasteiger partial charge in [0.2, 0.25) is 5.91 Å². The van der Waals surface area contributed by atoms with Crippen LogP contribution in [0.1, 0.15) is 31.0 Å². The van der Waals surface area contributed by atoms with E-state index in [0.717, 1.165) is 38.6 Å². The summed E-state index contributed by atoms with van der Waals surface area (Å²) in [4.78, 5) is 46.5. The summed E-state index contributed by atoms with van der Waals surface area (Å²) in [6.07, 6.45) is -1.60. The smallest absolute Gasteiger partial charge is 0.340 e. The monoisotopic (exact) mass is 649 g/mol. The van der Waals surface area contributed by atoms with Gasteiger partial charge in [0.1, 0.15) is 11.7 Å². The second-order valence-corrected chi connectivity index (χ2v) is 12.5. The first-order valence-electron chi connectivity index (χ1n) is 15.1. The summed E-state index contributed by atoms with van der Waals surface area (Å²) in [6.45, 7) is 11.4. The molecule has 0 spiro atoms. The van der Waals surface area contributed by atoms with Crippen molar-refractivity contribution in [1.29, 1.82) is 0 Å². The Morgan fingerprint density at radius 3 is 2.30 bits per heavy atom. The van der Waals surface area contributed by atoms with E-state index < -0.39 is 29.5 Å². The van der Waals surface area contributed by atoms with E-state index in [2.05, 4.69) is 36.4 Å². The second-order valence-electron chi connectivity index (χ2n) is 12.5. The number of alkyl halides is 3. The van der Waals surface area contributed by atoms with Crippen LogP contribution in [0.3, 0.4) is 0 Å². The van der Waals surface area contributed by atoms with Crippen LogP contribution in [0.25, 0.3) is 27.6 Å². The molecule has 0 radical (unpaired) electrons. The lowest BCUT2D eigenvalue weighted by Crippen LogP contribution is -2.55. The first-order valence-corrected chi connectivity index (χ1v) is 15.1. The van der Waals surface area contributed by atoms with Gasteiger partial charge in [-0.25, -0.2) is 23.7 Å². The molecule has 47 heavy (non-hydrogen) atoms. The summed E-state index contributed by atoms with van der Waals surface area (Å²) >= 11 is 0. The van der Waals surface area contributed by atoms with E-state index in [1.54, 1.807) is 35.2 Å². The SMILES string of the molecule is [C-]#[N+]c1ccc(-n2nccc2-c2c(C)n(-c3cccc(C(F)(F)F)c3)c(=O)n2C(=O)N[C@@H](C)C(=O)N2CCC([N+](C)(C)C)CC2)cc1. The number of nitrogens with one attached hydrogen (secondary N) is 1. The number of piperidine rings is 1. The van der Waals surface area contributed by atoms with Gasteiger partial charge in [-0.15, -0.1) is 0 Å². The highest BCUT2D eigenvalue weighted by molar-refractivity contribution is 5.89. The molecule has 4 aromatic rings. The number of carbonyl (C=O) groups is 2. The Hall–Kier alpha value is -5.16. The Labute approximate surface area is 269 Å². The second kappa shape index (κ2) is 12.6. The van der Waals surface area contributed by atoms with Crippen LogP contribution >= 0.6 is 0 Å². The lowest BCUT2D eigenvalue weighted by molar-refractivity contribution is -0.897. The summed E-state index contributed by atoms with van der Waals surface area (Å²) in [7, 11) is 6.34. The highest BCUT2D eigenvalue weighted by Gasteiger charge is 2.35. The van der Waals surface area contributed by atoms with Crippen LogP contribution in [0.5, 0.6) is 0 Å². The summed E-state index contributed by atoms with van der Waals surface area (Å²) in [5.41, 5.74) is -0.531. The molecule has 246 valence electrons. The zero-order chi connectivity index (χ0) is 34.3. The van der Waals surface area contributed by atoms with Gasteiger partial charge in [0, 0.05) is 25.9 Å². The lowest BCUT2D eigenvalue weighted by atomic mass is 10.0. The van der Waals surface area contributed by atoms with E-state index in [1.807, 2.05) is 0 Å². The van der Waals surface area contributed by atoms with Crippen molar-refractivity contribution in [3.8, 4) is 22.8 Å². The van der Waals surface area contributed by atoms with Crippen LogP contribution in [0.15, 0.2) is 65.6 Å². The Morgan fingerprint density at radius 1 is 1.04 bits per heavy atom. The summed E-state index contributed by atoms with van der Waals surface area (Å²) in [5.74, 6) is -0.299. The molecule has 0 unspecified atom stereocenters. The molecule has 3 heterocycles. The lowest BCUT2D eigenvalue weighted by Gasteiger charge is -2.40. The number of hydrogen-bond acceptors (Lipinski definition) is 4. The molecule has 0 saturated carbocycles. The van der Waals surface area contributed by atoms with Gasteiger partial charge < -0.3 is 14.7 Å². The molecule has 1 aliphatic rings. The minimum absolute atomic E-state index is 0.0695. The van der Waals surface area contributed by atoms with E-state index in [4.69, 9.17) is 6.57 Å². The third kappa shape index (κ3) is 6.57. The number of benzene rings is 2. The summed E-state index contributed by atoms with van der Waals surface area (Å²) < 4.78 is 45.0. The number of carbonyl (C=O) groups excluding carboxylic acids is 2. The minimum atomic E-state index is -4.66. The highest BCUT2D eigenvalue weighted by Crippen LogP contribution is 2.32. The van der Waals surface area contributed by atoms with Gasteiger partial charge in [-0.05, 0) is 50.2 Å². The molecule has 1 N–H and O–H groups in total. The first kappa shape index (κ1) is 33.2. The van der Waals surface area contributed by atoms with Gasteiger partial charge in [-0.3, -0.25) is 9.36 Å². The molecular formula is C33H36F3N8O3+. The molecule has 1 atom stereocenters. The number of aromatic nitrogens is 4. The molecule has 5 rings (SSSR count). The predicted octanol–water partition coefficient (Wildman–Crippen LogP) is 5.01. The van der Waals surface area contributed by atoms with Crippen molar-refractivity contribution in [3.05, 3.63) is 94.0 Å². The summed E-state index contributed by atoms with van der Waals surface area (Å²) in [5, 5.41) is 7.02. The molecule has 11 nitrogen and oxygen atoms in total.